The summed E-state index contributed by atoms with van der Waals surface area (Å²) in [6, 6.07) is 0. The maximum absolute atomic E-state index is 10.3. The van der Waals surface area contributed by atoms with Gasteiger partial charge in [0.15, 0.2) is 0 Å². The fraction of sp³-hybridized carbons (Fsp3) is 1.00. The Morgan fingerprint density at radius 3 is 1.36 bits per heavy atom. The minimum Gasteiger partial charge on any atom is -0.313 e. The lowest BCUT2D eigenvalue weighted by Crippen LogP contribution is -2.18. The molecule has 0 bridgehead atoms. The minimum absolute atomic E-state index is 0.167. The molecule has 7 nitrogen and oxygen atoms in total. The van der Waals surface area contributed by atoms with Crippen molar-refractivity contribution in [1.29, 1.82) is 0 Å². The van der Waals surface area contributed by atoms with Gasteiger partial charge >= 0.3 is 15.5 Å². The smallest absolute Gasteiger partial charge is 0.313 e. The first-order valence-electron chi connectivity index (χ1n) is 2.59. The molecule has 0 atom stereocenters. The van der Waals surface area contributed by atoms with Crippen LogP contribution in [0, 0.1) is 0 Å². The lowest BCUT2D eigenvalue weighted by atomic mass is 10.0. The standard InChI is InChI=1S/CH8BNO6P2/c1-2-3(10(4,5)6)11(7,8)9/h2H,1H3,(H2,4,5,6)(H2,7,8,9). The molecule has 4 N–H and O–H groups in total. The van der Waals surface area contributed by atoms with E-state index in [-0.39, 0.29) is 4.35 Å². The van der Waals surface area contributed by atoms with Crippen LogP contribution in [-0.4, -0.2) is 31.3 Å². The molecule has 0 spiro atoms. The van der Waals surface area contributed by atoms with Crippen LogP contribution < -0.4 is 0 Å². The Balaban J connectivity index is 4.72. The molecule has 0 heterocycles. The molecule has 0 amide bonds. The number of nitrogens with zero attached hydrogens (tertiary/aromatic N) is 1. The van der Waals surface area contributed by atoms with Gasteiger partial charge in [-0.15, -0.1) is 0 Å². The van der Waals surface area contributed by atoms with Crippen molar-refractivity contribution >= 4 is 22.9 Å². The molecule has 0 aliphatic rings. The van der Waals surface area contributed by atoms with E-state index in [2.05, 4.69) is 0 Å². The fourth-order valence-corrected chi connectivity index (χ4v) is 2.47. The van der Waals surface area contributed by atoms with Crippen LogP contribution in [0.4, 0.5) is 0 Å². The largest absolute Gasteiger partial charge is 0.401 e. The Morgan fingerprint density at radius 1 is 1.09 bits per heavy atom. The molecule has 0 fully saturated rings. The molecular weight excluding hydrogens is 195 g/mol. The molecule has 0 saturated carbocycles. The highest BCUT2D eigenvalue weighted by atomic mass is 31.3. The highest BCUT2D eigenvalue weighted by molar-refractivity contribution is 7.67. The molecule has 0 aliphatic carbocycles. The van der Waals surface area contributed by atoms with Crippen molar-refractivity contribution in [3.05, 3.63) is 0 Å². The molecule has 0 radical (unpaired) electrons. The topological polar surface area (TPSA) is 118 Å². The predicted molar refractivity (Wildman–Crippen MR) is 38.9 cm³/mol. The van der Waals surface area contributed by atoms with Gasteiger partial charge in [0.05, 0.1) is 0 Å². The molecule has 0 saturated heterocycles. The molecule has 11 heavy (non-hydrogen) atoms. The highest BCUT2D eigenvalue weighted by Crippen LogP contribution is 2.56. The van der Waals surface area contributed by atoms with Crippen molar-refractivity contribution in [2.45, 2.75) is 6.82 Å². The van der Waals surface area contributed by atoms with Gasteiger partial charge in [-0.1, -0.05) is 6.82 Å². The summed E-state index contributed by atoms with van der Waals surface area (Å²) in [5.74, 6) is 0. The van der Waals surface area contributed by atoms with Crippen molar-refractivity contribution in [1.82, 2.24) is 4.35 Å². The molecule has 66 valence electrons. The molecule has 0 unspecified atom stereocenters. The highest BCUT2D eigenvalue weighted by Gasteiger charge is 2.37. The number of hydrogen-bond donors (Lipinski definition) is 4. The monoisotopic (exact) mass is 203 g/mol. The van der Waals surface area contributed by atoms with Gasteiger partial charge in [0.2, 0.25) is 7.41 Å². The van der Waals surface area contributed by atoms with Gasteiger partial charge < -0.3 is 19.6 Å². The van der Waals surface area contributed by atoms with Crippen LogP contribution >= 0.6 is 15.5 Å². The Labute approximate surface area is 63.7 Å². The molecule has 0 rings (SSSR count). The van der Waals surface area contributed by atoms with Crippen LogP contribution in [0.15, 0.2) is 0 Å². The second-order valence-electron chi connectivity index (χ2n) is 1.72. The van der Waals surface area contributed by atoms with E-state index in [4.69, 9.17) is 19.6 Å². The molecule has 0 aromatic heterocycles. The SMILES string of the molecule is CBN(P(=O)(O)O)P(=O)(O)O. The third-order valence-electron chi connectivity index (χ3n) is 0.884. The summed E-state index contributed by atoms with van der Waals surface area (Å²) in [6.45, 7) is 1.23. The van der Waals surface area contributed by atoms with E-state index in [0.29, 0.717) is 0 Å². The average Bonchev–Trinajstić information content (AvgIpc) is 1.56. The summed E-state index contributed by atoms with van der Waals surface area (Å²) in [5.41, 5.74) is 0. The van der Waals surface area contributed by atoms with E-state index in [1.54, 1.807) is 0 Å². The normalized spacial score (nSPS) is 13.6. The Morgan fingerprint density at radius 2 is 1.36 bits per heavy atom. The second-order valence-corrected chi connectivity index (χ2v) is 5.05. The van der Waals surface area contributed by atoms with Crippen LogP contribution in [-0.2, 0) is 9.13 Å². The summed E-state index contributed by atoms with van der Waals surface area (Å²) >= 11 is 0. The Hall–Kier alpha value is 0.325. The summed E-state index contributed by atoms with van der Waals surface area (Å²) < 4.78 is 20.5. The number of hydrogen-bond acceptors (Lipinski definition) is 2. The van der Waals surface area contributed by atoms with E-state index in [9.17, 15) is 9.13 Å². The molecule has 0 aromatic carbocycles. The molecular formula is CH8BNO6P2. The third-order valence-corrected chi connectivity index (χ3v) is 4.05. The lowest BCUT2D eigenvalue weighted by Gasteiger charge is -2.21. The van der Waals surface area contributed by atoms with Crippen molar-refractivity contribution in [3.63, 3.8) is 0 Å². The van der Waals surface area contributed by atoms with Crippen LogP contribution in [0.5, 0.6) is 0 Å². The summed E-state index contributed by atoms with van der Waals surface area (Å²) in [4.78, 5) is 33.4. The quantitative estimate of drug-likeness (QED) is 0.338. The first-order chi connectivity index (χ1) is 4.69. The zero-order valence-electron chi connectivity index (χ0n) is 5.65. The van der Waals surface area contributed by atoms with Gasteiger partial charge in [-0.25, -0.2) is 9.13 Å². The van der Waals surface area contributed by atoms with E-state index in [1.807, 2.05) is 0 Å². The minimum atomic E-state index is -4.83. The second kappa shape index (κ2) is 3.37. The third kappa shape index (κ3) is 3.49. The summed E-state index contributed by atoms with van der Waals surface area (Å²) in [6.07, 6.45) is 0. The van der Waals surface area contributed by atoms with Crippen molar-refractivity contribution < 1.29 is 28.7 Å². The van der Waals surface area contributed by atoms with Crippen molar-refractivity contribution in [2.75, 3.05) is 0 Å². The maximum Gasteiger partial charge on any atom is 0.401 e. The lowest BCUT2D eigenvalue weighted by molar-refractivity contribution is 0.306. The zero-order chi connectivity index (χ0) is 9.28. The van der Waals surface area contributed by atoms with Crippen LogP contribution in [0.1, 0.15) is 0 Å². The molecule has 0 aliphatic heterocycles. The van der Waals surface area contributed by atoms with E-state index < -0.39 is 22.9 Å². The zero-order valence-corrected chi connectivity index (χ0v) is 7.44. The number of rotatable bonds is 3. The first kappa shape index (κ1) is 11.3. The van der Waals surface area contributed by atoms with E-state index in [1.165, 1.54) is 6.82 Å². The van der Waals surface area contributed by atoms with E-state index >= 15 is 0 Å². The Bertz CT molecular complexity index is 195. The molecule has 0 aromatic rings. The van der Waals surface area contributed by atoms with Crippen LogP contribution in [0.3, 0.4) is 0 Å². The van der Waals surface area contributed by atoms with Gasteiger partial charge in [-0.05, 0) is 0 Å². The maximum atomic E-state index is 10.3. The molecule has 10 heteroatoms. The Kier molecular flexibility index (Phi) is 3.47. The fourth-order valence-electron chi connectivity index (χ4n) is 0.520. The van der Waals surface area contributed by atoms with Gasteiger partial charge in [-0.2, -0.15) is 4.35 Å². The summed E-state index contributed by atoms with van der Waals surface area (Å²) in [7, 11) is -10.1. The van der Waals surface area contributed by atoms with E-state index in [0.717, 1.165) is 0 Å². The van der Waals surface area contributed by atoms with Crippen molar-refractivity contribution in [2.24, 2.45) is 0 Å². The van der Waals surface area contributed by atoms with Gasteiger partial charge in [0.25, 0.3) is 0 Å². The predicted octanol–water partition coefficient (Wildman–Crippen LogP) is -1.13. The van der Waals surface area contributed by atoms with Crippen molar-refractivity contribution in [3.8, 4) is 0 Å². The van der Waals surface area contributed by atoms with Gasteiger partial charge in [0, 0.05) is 0 Å². The summed E-state index contributed by atoms with van der Waals surface area (Å²) in [5, 5.41) is 0. The first-order valence-corrected chi connectivity index (χ1v) is 5.72. The van der Waals surface area contributed by atoms with Gasteiger partial charge in [0.1, 0.15) is 0 Å². The van der Waals surface area contributed by atoms with Crippen LogP contribution in [0.2, 0.25) is 6.82 Å². The van der Waals surface area contributed by atoms with Gasteiger partial charge in [-0.3, -0.25) is 0 Å². The van der Waals surface area contributed by atoms with Crippen LogP contribution in [0.25, 0.3) is 0 Å². The average molecular weight is 203 g/mol.